The predicted molar refractivity (Wildman–Crippen MR) is 259 cm³/mol. The predicted octanol–water partition coefficient (Wildman–Crippen LogP) is 17.0. The minimum absolute atomic E-state index is 1.10. The maximum Gasteiger partial charge on any atom is 0.0467 e. The van der Waals surface area contributed by atoms with Crippen LogP contribution in [-0.4, -0.2) is 0 Å². The molecule has 0 aliphatic heterocycles. The number of thiophene rings is 1. The third-order valence-corrected chi connectivity index (χ3v) is 12.9. The van der Waals surface area contributed by atoms with Crippen LogP contribution in [0.15, 0.2) is 237 Å². The van der Waals surface area contributed by atoms with Gasteiger partial charge in [-0.25, -0.2) is 0 Å². The van der Waals surface area contributed by atoms with Crippen LogP contribution in [0.25, 0.3) is 86.6 Å². The second-order valence-electron chi connectivity index (χ2n) is 15.3. The van der Waals surface area contributed by atoms with Crippen molar-refractivity contribution in [3.63, 3.8) is 0 Å². The van der Waals surface area contributed by atoms with Crippen molar-refractivity contribution in [2.75, 3.05) is 4.90 Å². The quantitative estimate of drug-likeness (QED) is 0.148. The molecular formula is C58H39NS. The lowest BCUT2D eigenvalue weighted by Gasteiger charge is -2.26. The van der Waals surface area contributed by atoms with Crippen LogP contribution in [0.2, 0.25) is 0 Å². The topological polar surface area (TPSA) is 3.24 Å². The number of nitrogens with zero attached hydrogens (tertiary/aromatic N) is 1. The average Bonchev–Trinajstić information content (AvgIpc) is 3.72. The Labute approximate surface area is 354 Å². The van der Waals surface area contributed by atoms with Crippen LogP contribution in [0, 0.1) is 0 Å². The molecule has 0 atom stereocenters. The third kappa shape index (κ3) is 6.63. The summed E-state index contributed by atoms with van der Waals surface area (Å²) in [6, 6.07) is 86.0. The zero-order valence-corrected chi connectivity index (χ0v) is 33.7. The number of hydrogen-bond donors (Lipinski definition) is 0. The molecule has 282 valence electrons. The van der Waals surface area contributed by atoms with Crippen LogP contribution in [0.5, 0.6) is 0 Å². The van der Waals surface area contributed by atoms with E-state index in [1.165, 1.54) is 86.6 Å². The van der Waals surface area contributed by atoms with Gasteiger partial charge in [-0.3, -0.25) is 0 Å². The summed E-state index contributed by atoms with van der Waals surface area (Å²) in [7, 11) is 0. The van der Waals surface area contributed by atoms with Crippen LogP contribution < -0.4 is 4.90 Å². The molecule has 0 spiro atoms. The second-order valence-corrected chi connectivity index (χ2v) is 16.4. The van der Waals surface area contributed by atoms with E-state index in [-0.39, 0.29) is 0 Å². The third-order valence-electron chi connectivity index (χ3n) is 11.7. The van der Waals surface area contributed by atoms with E-state index in [0.717, 1.165) is 17.1 Å². The number of rotatable bonds is 8. The van der Waals surface area contributed by atoms with Gasteiger partial charge < -0.3 is 4.90 Å². The van der Waals surface area contributed by atoms with Crippen molar-refractivity contribution in [2.24, 2.45) is 0 Å². The van der Waals surface area contributed by atoms with Crippen molar-refractivity contribution >= 4 is 59.3 Å². The van der Waals surface area contributed by atoms with Crippen molar-refractivity contribution < 1.29 is 0 Å². The number of fused-ring (bicyclic) bond motifs is 5. The Morgan fingerprint density at radius 3 is 1.27 bits per heavy atom. The highest BCUT2D eigenvalue weighted by Crippen LogP contribution is 2.43. The average molecular weight is 782 g/mol. The molecule has 0 radical (unpaired) electrons. The number of hydrogen-bond acceptors (Lipinski definition) is 2. The van der Waals surface area contributed by atoms with Gasteiger partial charge in [-0.1, -0.05) is 194 Å². The second kappa shape index (κ2) is 15.3. The van der Waals surface area contributed by atoms with E-state index in [2.05, 4.69) is 241 Å². The fraction of sp³-hybridized carbons (Fsp3) is 0. The van der Waals surface area contributed by atoms with E-state index in [1.54, 1.807) is 0 Å². The van der Waals surface area contributed by atoms with Crippen molar-refractivity contribution in [3.8, 4) is 55.6 Å². The number of benzene rings is 10. The summed E-state index contributed by atoms with van der Waals surface area (Å²) in [4.78, 5) is 2.37. The zero-order valence-electron chi connectivity index (χ0n) is 32.9. The molecule has 0 saturated carbocycles. The van der Waals surface area contributed by atoms with Gasteiger partial charge in [0, 0.05) is 42.6 Å². The molecule has 0 unspecified atom stereocenters. The fourth-order valence-electron chi connectivity index (χ4n) is 8.63. The molecule has 1 nitrogen and oxygen atoms in total. The number of anilines is 3. The molecule has 2 heteroatoms. The molecule has 0 N–H and O–H groups in total. The van der Waals surface area contributed by atoms with Crippen LogP contribution in [0.1, 0.15) is 0 Å². The first-order valence-electron chi connectivity index (χ1n) is 20.5. The summed E-state index contributed by atoms with van der Waals surface area (Å²) in [6.45, 7) is 0. The SMILES string of the molecule is c1ccc(-c2ccc(-c3ccc(N(c4ccc(-c5cccc6c5ccc5c7ccccc7sc65)cc4)c4cccc(-c5ccc(-c6ccccc6)cc5)c4)cc3)cc2)cc1. The van der Waals surface area contributed by atoms with Crippen molar-refractivity contribution in [2.45, 2.75) is 0 Å². The monoisotopic (exact) mass is 781 g/mol. The van der Waals surface area contributed by atoms with Gasteiger partial charge >= 0.3 is 0 Å². The van der Waals surface area contributed by atoms with E-state index in [1.807, 2.05) is 11.3 Å². The van der Waals surface area contributed by atoms with E-state index < -0.39 is 0 Å². The first-order chi connectivity index (χ1) is 29.7. The van der Waals surface area contributed by atoms with E-state index in [0.29, 0.717) is 0 Å². The molecule has 1 aromatic heterocycles. The highest BCUT2D eigenvalue weighted by Gasteiger charge is 2.16. The standard InChI is InChI=1S/C58H39NS/c1-3-11-40(12-4-1)42-21-23-44(24-22-42)45-29-33-49(34-30-45)59(51-16-9-15-48(39-51)46-27-25-43(26-28-46)41-13-5-2-6-14-41)50-35-31-47(32-36-50)52-18-10-19-55-53(52)37-38-56-54-17-7-8-20-57(54)60-58(55)56/h1-39H. The van der Waals surface area contributed by atoms with Crippen molar-refractivity contribution in [1.82, 2.24) is 0 Å². The van der Waals surface area contributed by atoms with E-state index in [9.17, 15) is 0 Å². The molecule has 0 aliphatic carbocycles. The Kier molecular flexibility index (Phi) is 9.11. The van der Waals surface area contributed by atoms with Gasteiger partial charge in [0.25, 0.3) is 0 Å². The van der Waals surface area contributed by atoms with Crippen molar-refractivity contribution in [1.29, 1.82) is 0 Å². The van der Waals surface area contributed by atoms with Gasteiger partial charge in [0.05, 0.1) is 0 Å². The fourth-order valence-corrected chi connectivity index (χ4v) is 9.86. The van der Waals surface area contributed by atoms with Gasteiger partial charge in [0.15, 0.2) is 0 Å². The summed E-state index contributed by atoms with van der Waals surface area (Å²) in [5.41, 5.74) is 15.4. The van der Waals surface area contributed by atoms with Crippen LogP contribution in [0.3, 0.4) is 0 Å². The normalized spacial score (nSPS) is 11.3. The molecule has 11 aromatic rings. The van der Waals surface area contributed by atoms with Gasteiger partial charge in [0.1, 0.15) is 0 Å². The molecule has 0 amide bonds. The minimum atomic E-state index is 1.10. The highest BCUT2D eigenvalue weighted by molar-refractivity contribution is 7.26. The molecule has 1 heterocycles. The van der Waals surface area contributed by atoms with Gasteiger partial charge in [0.2, 0.25) is 0 Å². The first-order valence-corrected chi connectivity index (χ1v) is 21.3. The lowest BCUT2D eigenvalue weighted by molar-refractivity contribution is 1.28. The molecule has 0 fully saturated rings. The minimum Gasteiger partial charge on any atom is -0.310 e. The van der Waals surface area contributed by atoms with E-state index >= 15 is 0 Å². The Hall–Kier alpha value is -7.52. The Morgan fingerprint density at radius 2 is 0.667 bits per heavy atom. The maximum atomic E-state index is 2.37. The van der Waals surface area contributed by atoms with Crippen molar-refractivity contribution in [3.05, 3.63) is 237 Å². The Bertz CT molecular complexity index is 3260. The lowest BCUT2D eigenvalue weighted by Crippen LogP contribution is -2.10. The summed E-state index contributed by atoms with van der Waals surface area (Å²) < 4.78 is 2.68. The van der Waals surface area contributed by atoms with Crippen LogP contribution in [-0.2, 0) is 0 Å². The highest BCUT2D eigenvalue weighted by atomic mass is 32.1. The summed E-state index contributed by atoms with van der Waals surface area (Å²) in [5.74, 6) is 0. The molecule has 0 bridgehead atoms. The van der Waals surface area contributed by atoms with Gasteiger partial charge in [-0.05, 0) is 103 Å². The molecule has 60 heavy (non-hydrogen) atoms. The van der Waals surface area contributed by atoms with Gasteiger partial charge in [-0.15, -0.1) is 11.3 Å². The molecule has 11 rings (SSSR count). The molecular weight excluding hydrogens is 743 g/mol. The molecule has 10 aromatic carbocycles. The maximum absolute atomic E-state index is 2.37. The van der Waals surface area contributed by atoms with E-state index in [4.69, 9.17) is 0 Å². The Morgan fingerprint density at radius 1 is 0.250 bits per heavy atom. The van der Waals surface area contributed by atoms with Crippen LogP contribution in [0.4, 0.5) is 17.1 Å². The largest absolute Gasteiger partial charge is 0.310 e. The zero-order chi connectivity index (χ0) is 39.8. The Balaban J connectivity index is 0.965. The van der Waals surface area contributed by atoms with Crippen LogP contribution >= 0.6 is 11.3 Å². The summed E-state index contributed by atoms with van der Waals surface area (Å²) >= 11 is 1.89. The lowest BCUT2D eigenvalue weighted by atomic mass is 9.96. The van der Waals surface area contributed by atoms with Gasteiger partial charge in [-0.2, -0.15) is 0 Å². The first kappa shape index (κ1) is 35.6. The molecule has 0 aliphatic rings. The smallest absolute Gasteiger partial charge is 0.0467 e. The molecule has 0 saturated heterocycles. The summed E-state index contributed by atoms with van der Waals surface area (Å²) in [6.07, 6.45) is 0. The summed E-state index contributed by atoms with van der Waals surface area (Å²) in [5, 5.41) is 5.24.